The molecule has 2 rings (SSSR count). The summed E-state index contributed by atoms with van der Waals surface area (Å²) >= 11 is 0. The maximum Gasteiger partial charge on any atom is 0.276 e. The highest BCUT2D eigenvalue weighted by Gasteiger charge is 2.19. The van der Waals surface area contributed by atoms with Crippen LogP contribution in [0.1, 0.15) is 18.1 Å². The number of hydrogen-bond donors (Lipinski definition) is 1. The first-order chi connectivity index (χ1) is 11.6. The van der Waals surface area contributed by atoms with Gasteiger partial charge >= 0.3 is 0 Å². The van der Waals surface area contributed by atoms with Crippen molar-refractivity contribution in [2.24, 2.45) is 5.10 Å². The monoisotopic (exact) mass is 369 g/mol. The number of nitrogens with zero attached hydrogens (tertiary/aromatic N) is 2. The summed E-state index contributed by atoms with van der Waals surface area (Å²) < 4.78 is 51.2. The lowest BCUT2D eigenvalue weighted by Gasteiger charge is -2.07. The third-order valence-electron chi connectivity index (χ3n) is 3.34. The Balaban J connectivity index is 2.34. The van der Waals surface area contributed by atoms with Crippen molar-refractivity contribution in [2.45, 2.75) is 18.7 Å². The van der Waals surface area contributed by atoms with E-state index in [1.165, 1.54) is 26.0 Å². The van der Waals surface area contributed by atoms with Gasteiger partial charge in [-0.2, -0.15) is 18.4 Å². The smallest absolute Gasteiger partial charge is 0.258 e. The predicted molar refractivity (Wildman–Crippen MR) is 86.7 cm³/mol. The summed E-state index contributed by atoms with van der Waals surface area (Å²) in [5.41, 5.74) is -0.384. The van der Waals surface area contributed by atoms with Crippen molar-refractivity contribution in [3.63, 3.8) is 0 Å². The topological polar surface area (TPSA) is 102 Å². The van der Waals surface area contributed by atoms with Gasteiger partial charge in [-0.3, -0.25) is 10.1 Å². The molecule has 1 N–H and O–H groups in total. The predicted octanol–water partition coefficient (Wildman–Crippen LogP) is 2.88. The van der Waals surface area contributed by atoms with Crippen LogP contribution in [0.2, 0.25) is 0 Å². The van der Waals surface area contributed by atoms with Crippen LogP contribution in [-0.4, -0.2) is 19.1 Å². The van der Waals surface area contributed by atoms with Crippen molar-refractivity contribution in [3.05, 3.63) is 69.3 Å². The lowest BCUT2D eigenvalue weighted by molar-refractivity contribution is -0.385. The van der Waals surface area contributed by atoms with E-state index >= 15 is 0 Å². The van der Waals surface area contributed by atoms with E-state index in [1.807, 2.05) is 4.83 Å². The molecular formula is C15H13F2N3O4S. The standard InChI is InChI=1S/C15H13F2N3O4S/c1-9-3-5-12(8-15(9)20(21)22)25(23,24)19-18-10(2)13-7-11(16)4-6-14(13)17/h3-8,19H,1-2H3/b18-10-. The van der Waals surface area contributed by atoms with Crippen LogP contribution in [0.5, 0.6) is 0 Å². The average molecular weight is 369 g/mol. The van der Waals surface area contributed by atoms with Gasteiger partial charge in [0.25, 0.3) is 15.7 Å². The molecule has 0 saturated carbocycles. The van der Waals surface area contributed by atoms with Gasteiger partial charge in [0.1, 0.15) is 11.6 Å². The molecule has 132 valence electrons. The molecule has 7 nitrogen and oxygen atoms in total. The van der Waals surface area contributed by atoms with Crippen LogP contribution in [0.4, 0.5) is 14.5 Å². The highest BCUT2D eigenvalue weighted by Crippen LogP contribution is 2.22. The minimum atomic E-state index is -4.22. The highest BCUT2D eigenvalue weighted by atomic mass is 32.2. The Bertz CT molecular complexity index is 975. The molecule has 0 bridgehead atoms. The van der Waals surface area contributed by atoms with Crippen molar-refractivity contribution in [1.29, 1.82) is 0 Å². The molecule has 0 radical (unpaired) electrons. The molecule has 2 aromatic carbocycles. The van der Waals surface area contributed by atoms with Gasteiger partial charge < -0.3 is 0 Å². The number of nitrogens with one attached hydrogen (secondary N) is 1. The fourth-order valence-corrected chi connectivity index (χ4v) is 2.85. The fourth-order valence-electron chi connectivity index (χ4n) is 1.97. The quantitative estimate of drug-likeness (QED) is 0.497. The molecule has 0 saturated heterocycles. The number of rotatable bonds is 5. The third-order valence-corrected chi connectivity index (χ3v) is 4.55. The lowest BCUT2D eigenvalue weighted by atomic mass is 10.1. The largest absolute Gasteiger partial charge is 0.276 e. The Kier molecular flexibility index (Phi) is 5.12. The van der Waals surface area contributed by atoms with Crippen molar-refractivity contribution in [2.75, 3.05) is 0 Å². The van der Waals surface area contributed by atoms with Gasteiger partial charge in [0.05, 0.1) is 15.5 Å². The minimum Gasteiger partial charge on any atom is -0.258 e. The summed E-state index contributed by atoms with van der Waals surface area (Å²) in [5, 5.41) is 14.5. The second-order valence-electron chi connectivity index (χ2n) is 5.12. The molecule has 0 spiro atoms. The molecule has 2 aromatic rings. The first-order valence-corrected chi connectivity index (χ1v) is 8.36. The van der Waals surface area contributed by atoms with E-state index < -0.39 is 26.6 Å². The fraction of sp³-hybridized carbons (Fsp3) is 0.133. The number of sulfonamides is 1. The summed E-state index contributed by atoms with van der Waals surface area (Å²) in [6.07, 6.45) is 0. The van der Waals surface area contributed by atoms with E-state index in [0.717, 1.165) is 24.3 Å². The first kappa shape index (κ1) is 18.5. The Morgan fingerprint density at radius 3 is 2.52 bits per heavy atom. The van der Waals surface area contributed by atoms with Gasteiger partial charge in [-0.25, -0.2) is 8.78 Å². The number of halogens is 2. The summed E-state index contributed by atoms with van der Waals surface area (Å²) in [6, 6.07) is 6.04. The lowest BCUT2D eigenvalue weighted by Crippen LogP contribution is -2.20. The first-order valence-electron chi connectivity index (χ1n) is 6.88. The third kappa shape index (κ3) is 4.15. The van der Waals surface area contributed by atoms with E-state index in [9.17, 15) is 27.3 Å². The van der Waals surface area contributed by atoms with Gasteiger partial charge in [0, 0.05) is 17.2 Å². The van der Waals surface area contributed by atoms with Crippen LogP contribution < -0.4 is 4.83 Å². The maximum atomic E-state index is 13.6. The average Bonchev–Trinajstić information content (AvgIpc) is 2.55. The molecule has 0 aliphatic rings. The molecule has 10 heteroatoms. The van der Waals surface area contributed by atoms with Gasteiger partial charge in [-0.05, 0) is 38.1 Å². The number of hydrazone groups is 1. The second kappa shape index (κ2) is 6.93. The summed E-state index contributed by atoms with van der Waals surface area (Å²) in [6.45, 7) is 2.76. The molecule has 0 heterocycles. The van der Waals surface area contributed by atoms with E-state index in [4.69, 9.17) is 0 Å². The van der Waals surface area contributed by atoms with Gasteiger partial charge in [-0.15, -0.1) is 0 Å². The molecule has 0 amide bonds. The van der Waals surface area contributed by atoms with Crippen molar-refractivity contribution < 1.29 is 22.1 Å². The zero-order valence-corrected chi connectivity index (χ0v) is 14.0. The number of benzene rings is 2. The Morgan fingerprint density at radius 2 is 1.88 bits per heavy atom. The maximum absolute atomic E-state index is 13.6. The van der Waals surface area contributed by atoms with E-state index in [1.54, 1.807) is 0 Å². The molecular weight excluding hydrogens is 356 g/mol. The van der Waals surface area contributed by atoms with E-state index in [2.05, 4.69) is 5.10 Å². The highest BCUT2D eigenvalue weighted by molar-refractivity contribution is 7.89. The number of aryl methyl sites for hydroxylation is 1. The normalized spacial score (nSPS) is 12.1. The number of nitro benzene ring substituents is 1. The summed E-state index contributed by atoms with van der Waals surface area (Å²) in [4.78, 5) is 11.7. The molecule has 0 aromatic heterocycles. The van der Waals surface area contributed by atoms with Crippen LogP contribution in [0.25, 0.3) is 0 Å². The number of nitro groups is 1. The zero-order valence-electron chi connectivity index (χ0n) is 13.2. The van der Waals surface area contributed by atoms with Crippen LogP contribution >= 0.6 is 0 Å². The van der Waals surface area contributed by atoms with Gasteiger partial charge in [0.15, 0.2) is 0 Å². The van der Waals surface area contributed by atoms with E-state index in [0.29, 0.717) is 5.56 Å². The summed E-state index contributed by atoms with van der Waals surface area (Å²) in [7, 11) is -4.22. The van der Waals surface area contributed by atoms with Crippen molar-refractivity contribution >= 4 is 21.4 Å². The van der Waals surface area contributed by atoms with Gasteiger partial charge in [0.2, 0.25) is 0 Å². The number of hydrogen-bond acceptors (Lipinski definition) is 5. The SMILES string of the molecule is C/C(=N/NS(=O)(=O)c1ccc(C)c([N+](=O)[O-])c1)c1cc(F)ccc1F. The Labute approximate surface area is 142 Å². The molecule has 0 atom stereocenters. The van der Waals surface area contributed by atoms with Crippen molar-refractivity contribution in [1.82, 2.24) is 4.83 Å². The van der Waals surface area contributed by atoms with E-state index in [-0.39, 0.29) is 21.9 Å². The van der Waals surface area contributed by atoms with Crippen LogP contribution in [-0.2, 0) is 10.0 Å². The second-order valence-corrected chi connectivity index (χ2v) is 6.78. The van der Waals surface area contributed by atoms with Crippen LogP contribution in [0, 0.1) is 28.7 Å². The zero-order chi connectivity index (χ0) is 18.8. The molecule has 0 unspecified atom stereocenters. The van der Waals surface area contributed by atoms with Crippen LogP contribution in [0.15, 0.2) is 46.4 Å². The summed E-state index contributed by atoms with van der Waals surface area (Å²) in [5.74, 6) is -1.48. The molecule has 0 aliphatic heterocycles. The van der Waals surface area contributed by atoms with Crippen molar-refractivity contribution in [3.8, 4) is 0 Å². The molecule has 0 fully saturated rings. The van der Waals surface area contributed by atoms with Crippen LogP contribution in [0.3, 0.4) is 0 Å². The Morgan fingerprint density at radius 1 is 1.20 bits per heavy atom. The van der Waals surface area contributed by atoms with Gasteiger partial charge in [-0.1, -0.05) is 6.07 Å². The molecule has 0 aliphatic carbocycles. The Hall–Kier alpha value is -2.88. The minimum absolute atomic E-state index is 0.109. The molecule has 25 heavy (non-hydrogen) atoms.